The van der Waals surface area contributed by atoms with Crippen molar-refractivity contribution in [2.45, 2.75) is 20.8 Å². The van der Waals surface area contributed by atoms with E-state index < -0.39 is 5.91 Å². The zero-order chi connectivity index (χ0) is 17.0. The second-order valence-corrected chi connectivity index (χ2v) is 5.80. The van der Waals surface area contributed by atoms with Crippen molar-refractivity contribution >= 4 is 29.3 Å². The van der Waals surface area contributed by atoms with Crippen LogP contribution in [-0.4, -0.2) is 5.91 Å². The third-order valence-corrected chi connectivity index (χ3v) is 4.00. The van der Waals surface area contributed by atoms with Crippen LogP contribution in [0.4, 0.5) is 5.69 Å². The van der Waals surface area contributed by atoms with Gasteiger partial charge in [0.15, 0.2) is 0 Å². The van der Waals surface area contributed by atoms with Crippen molar-refractivity contribution < 1.29 is 4.79 Å². The van der Waals surface area contributed by atoms with Crippen molar-refractivity contribution in [1.29, 1.82) is 5.26 Å². The number of nitriles is 1. The summed E-state index contributed by atoms with van der Waals surface area (Å²) in [5.41, 5.74) is 4.70. The standard InChI is InChI=1S/C19H17ClN2O/c1-12-8-14(3)15(9-13(12)2)10-16(11-21)19(23)22-18-7-5-4-6-17(18)20/h4-10H,1-3H3,(H,22,23)/b16-10+. The molecule has 0 aliphatic carbocycles. The van der Waals surface area contributed by atoms with Gasteiger partial charge in [-0.3, -0.25) is 4.79 Å². The van der Waals surface area contributed by atoms with Crippen LogP contribution in [0.1, 0.15) is 22.3 Å². The summed E-state index contributed by atoms with van der Waals surface area (Å²) < 4.78 is 0. The maximum Gasteiger partial charge on any atom is 0.266 e. The zero-order valence-corrected chi connectivity index (χ0v) is 14.0. The minimum absolute atomic E-state index is 0.0382. The van der Waals surface area contributed by atoms with E-state index in [1.807, 2.05) is 39.0 Å². The number of hydrogen-bond acceptors (Lipinski definition) is 2. The summed E-state index contributed by atoms with van der Waals surface area (Å²) in [5, 5.41) is 12.4. The highest BCUT2D eigenvalue weighted by Gasteiger charge is 2.12. The van der Waals surface area contributed by atoms with E-state index >= 15 is 0 Å². The molecule has 0 fully saturated rings. The number of aryl methyl sites for hydroxylation is 3. The smallest absolute Gasteiger partial charge is 0.266 e. The summed E-state index contributed by atoms with van der Waals surface area (Å²) in [6.45, 7) is 5.99. The third-order valence-electron chi connectivity index (χ3n) is 3.67. The molecule has 0 heterocycles. The van der Waals surface area contributed by atoms with Crippen molar-refractivity contribution in [2.75, 3.05) is 5.32 Å². The van der Waals surface area contributed by atoms with Crippen LogP contribution in [-0.2, 0) is 4.79 Å². The van der Waals surface area contributed by atoms with Crippen molar-refractivity contribution in [2.24, 2.45) is 0 Å². The molecule has 0 saturated carbocycles. The van der Waals surface area contributed by atoms with Gasteiger partial charge in [0, 0.05) is 0 Å². The molecule has 0 aliphatic heterocycles. The van der Waals surface area contributed by atoms with Crippen molar-refractivity contribution in [1.82, 2.24) is 0 Å². The molecule has 23 heavy (non-hydrogen) atoms. The quantitative estimate of drug-likeness (QED) is 0.650. The first-order valence-electron chi connectivity index (χ1n) is 7.18. The molecule has 0 bridgehead atoms. The van der Waals surface area contributed by atoms with E-state index in [1.165, 1.54) is 5.56 Å². The van der Waals surface area contributed by atoms with Crippen LogP contribution in [0.25, 0.3) is 6.08 Å². The fourth-order valence-electron chi connectivity index (χ4n) is 2.19. The third kappa shape index (κ3) is 4.00. The molecule has 2 aromatic carbocycles. The van der Waals surface area contributed by atoms with E-state index in [2.05, 4.69) is 5.32 Å². The molecular weight excluding hydrogens is 308 g/mol. The molecule has 3 nitrogen and oxygen atoms in total. The highest BCUT2D eigenvalue weighted by Crippen LogP contribution is 2.22. The van der Waals surface area contributed by atoms with Crippen LogP contribution in [0, 0.1) is 32.1 Å². The number of amides is 1. The predicted molar refractivity (Wildman–Crippen MR) is 94.3 cm³/mol. The van der Waals surface area contributed by atoms with Gasteiger partial charge in [-0.25, -0.2) is 0 Å². The Morgan fingerprint density at radius 2 is 1.78 bits per heavy atom. The summed E-state index contributed by atoms with van der Waals surface area (Å²) >= 11 is 6.02. The molecule has 0 aliphatic rings. The van der Waals surface area contributed by atoms with Gasteiger partial charge in [0.25, 0.3) is 5.91 Å². The largest absolute Gasteiger partial charge is 0.320 e. The Morgan fingerprint density at radius 3 is 2.43 bits per heavy atom. The monoisotopic (exact) mass is 324 g/mol. The lowest BCUT2D eigenvalue weighted by atomic mass is 9.99. The topological polar surface area (TPSA) is 52.9 Å². The maximum absolute atomic E-state index is 12.3. The molecule has 2 aromatic rings. The molecule has 0 atom stereocenters. The number of benzene rings is 2. The highest BCUT2D eigenvalue weighted by molar-refractivity contribution is 6.34. The molecule has 116 valence electrons. The molecule has 1 amide bonds. The van der Waals surface area contributed by atoms with Crippen molar-refractivity contribution in [3.8, 4) is 6.07 Å². The Morgan fingerprint density at radius 1 is 1.13 bits per heavy atom. The average Bonchev–Trinajstić information content (AvgIpc) is 2.51. The first kappa shape index (κ1) is 16.8. The lowest BCUT2D eigenvalue weighted by molar-refractivity contribution is -0.112. The number of rotatable bonds is 3. The van der Waals surface area contributed by atoms with Gasteiger partial charge in [-0.05, 0) is 61.2 Å². The number of halogens is 1. The van der Waals surface area contributed by atoms with Gasteiger partial charge in [0.05, 0.1) is 10.7 Å². The minimum Gasteiger partial charge on any atom is -0.320 e. The molecular formula is C19H17ClN2O. The SMILES string of the molecule is Cc1cc(C)c(/C=C(\C#N)C(=O)Nc2ccccc2Cl)cc1C. The zero-order valence-electron chi connectivity index (χ0n) is 13.3. The molecule has 4 heteroatoms. The Kier molecular flexibility index (Phi) is 5.20. The second kappa shape index (κ2) is 7.13. The molecule has 2 rings (SSSR count). The molecule has 0 radical (unpaired) electrons. The summed E-state index contributed by atoms with van der Waals surface area (Å²) in [6.07, 6.45) is 1.61. The maximum atomic E-state index is 12.3. The lowest BCUT2D eigenvalue weighted by Gasteiger charge is -2.08. The van der Waals surface area contributed by atoms with Crippen LogP contribution < -0.4 is 5.32 Å². The van der Waals surface area contributed by atoms with Crippen LogP contribution in [0.5, 0.6) is 0 Å². The van der Waals surface area contributed by atoms with Gasteiger partial charge in [-0.15, -0.1) is 0 Å². The Hall–Kier alpha value is -2.57. The summed E-state index contributed by atoms with van der Waals surface area (Å²) in [7, 11) is 0. The van der Waals surface area contributed by atoms with E-state index in [0.29, 0.717) is 10.7 Å². The summed E-state index contributed by atoms with van der Waals surface area (Å²) in [6, 6.07) is 12.9. The van der Waals surface area contributed by atoms with Crippen LogP contribution in [0.2, 0.25) is 5.02 Å². The fraction of sp³-hybridized carbons (Fsp3) is 0.158. The normalized spacial score (nSPS) is 11.0. The van der Waals surface area contributed by atoms with E-state index in [4.69, 9.17) is 11.6 Å². The number of anilines is 1. The summed E-state index contributed by atoms with van der Waals surface area (Å²) in [5.74, 6) is -0.474. The Balaban J connectivity index is 2.33. The van der Waals surface area contributed by atoms with Crippen LogP contribution in [0.15, 0.2) is 42.0 Å². The lowest BCUT2D eigenvalue weighted by Crippen LogP contribution is -2.13. The van der Waals surface area contributed by atoms with E-state index in [9.17, 15) is 10.1 Å². The number of carbonyl (C=O) groups is 1. The first-order chi connectivity index (χ1) is 10.9. The molecule has 0 saturated heterocycles. The van der Waals surface area contributed by atoms with Gasteiger partial charge < -0.3 is 5.32 Å². The number of hydrogen-bond donors (Lipinski definition) is 1. The van der Waals surface area contributed by atoms with Gasteiger partial charge in [-0.2, -0.15) is 5.26 Å². The number of nitrogens with one attached hydrogen (secondary N) is 1. The molecule has 0 aromatic heterocycles. The molecule has 0 unspecified atom stereocenters. The van der Waals surface area contributed by atoms with E-state index in [0.717, 1.165) is 16.7 Å². The van der Waals surface area contributed by atoms with Crippen molar-refractivity contribution in [3.63, 3.8) is 0 Å². The van der Waals surface area contributed by atoms with Gasteiger partial charge >= 0.3 is 0 Å². The van der Waals surface area contributed by atoms with E-state index in [-0.39, 0.29) is 5.57 Å². The van der Waals surface area contributed by atoms with Gasteiger partial charge in [0.1, 0.15) is 11.6 Å². The summed E-state index contributed by atoms with van der Waals surface area (Å²) in [4.78, 5) is 12.3. The second-order valence-electron chi connectivity index (χ2n) is 5.40. The van der Waals surface area contributed by atoms with Gasteiger partial charge in [0.2, 0.25) is 0 Å². The highest BCUT2D eigenvalue weighted by atomic mass is 35.5. The average molecular weight is 325 g/mol. The number of para-hydroxylation sites is 1. The Labute approximate surface area is 141 Å². The van der Waals surface area contributed by atoms with Crippen LogP contribution >= 0.6 is 11.6 Å². The first-order valence-corrected chi connectivity index (χ1v) is 7.55. The fourth-order valence-corrected chi connectivity index (χ4v) is 2.38. The van der Waals surface area contributed by atoms with E-state index in [1.54, 1.807) is 30.3 Å². The minimum atomic E-state index is -0.474. The van der Waals surface area contributed by atoms with Gasteiger partial charge in [-0.1, -0.05) is 35.9 Å². The number of nitrogens with zero attached hydrogens (tertiary/aromatic N) is 1. The molecule has 0 spiro atoms. The predicted octanol–water partition coefficient (Wildman–Crippen LogP) is 4.81. The van der Waals surface area contributed by atoms with Crippen LogP contribution in [0.3, 0.4) is 0 Å². The Bertz CT molecular complexity index is 832. The molecule has 1 N–H and O–H groups in total. The van der Waals surface area contributed by atoms with Crippen molar-refractivity contribution in [3.05, 3.63) is 69.2 Å². The number of carbonyl (C=O) groups excluding carboxylic acids is 1.